The van der Waals surface area contributed by atoms with Crippen molar-refractivity contribution >= 4 is 17.5 Å². The lowest BCUT2D eigenvalue weighted by Gasteiger charge is -2.32. The predicted molar refractivity (Wildman–Crippen MR) is 101 cm³/mol. The molecule has 8 nitrogen and oxygen atoms in total. The summed E-state index contributed by atoms with van der Waals surface area (Å²) in [5.74, 6) is 2.09. The molecule has 3 heterocycles. The monoisotopic (exact) mass is 364 g/mol. The molecule has 1 amide bonds. The molecule has 0 aliphatic carbocycles. The molecular weight excluding hydrogens is 344 g/mol. The third kappa shape index (κ3) is 3.89. The Balaban J connectivity index is 1.41. The van der Waals surface area contributed by atoms with Gasteiger partial charge in [-0.15, -0.1) is 0 Å². The molecular formula is C19H20N6O2. The molecule has 0 spiro atoms. The lowest BCUT2D eigenvalue weighted by Crippen LogP contribution is -2.48. The van der Waals surface area contributed by atoms with Gasteiger partial charge in [0.15, 0.2) is 0 Å². The number of hydrogen-bond donors (Lipinski definition) is 1. The van der Waals surface area contributed by atoms with E-state index in [0.717, 1.165) is 23.6 Å². The number of anilines is 2. The van der Waals surface area contributed by atoms with Crippen molar-refractivity contribution in [1.29, 1.82) is 0 Å². The van der Waals surface area contributed by atoms with Crippen LogP contribution in [0.1, 0.15) is 5.69 Å². The van der Waals surface area contributed by atoms with Gasteiger partial charge in [-0.1, -0.05) is 18.2 Å². The number of rotatable bonds is 5. The molecule has 8 heteroatoms. The number of amides is 1. The predicted octanol–water partition coefficient (Wildman–Crippen LogP) is 2.02. The van der Waals surface area contributed by atoms with Crippen LogP contribution in [0.4, 0.5) is 11.6 Å². The van der Waals surface area contributed by atoms with Gasteiger partial charge in [-0.05, 0) is 12.1 Å². The molecule has 0 radical (unpaired) electrons. The van der Waals surface area contributed by atoms with E-state index >= 15 is 0 Å². The number of aromatic nitrogens is 3. The van der Waals surface area contributed by atoms with Crippen molar-refractivity contribution < 1.29 is 9.21 Å². The number of oxazole rings is 1. The molecule has 0 saturated carbocycles. The molecule has 1 aliphatic heterocycles. The van der Waals surface area contributed by atoms with E-state index in [-0.39, 0.29) is 5.91 Å². The summed E-state index contributed by atoms with van der Waals surface area (Å²) in [7, 11) is 1.81. The van der Waals surface area contributed by atoms with Crippen LogP contribution in [0.3, 0.4) is 0 Å². The smallest absolute Gasteiger partial charge is 0.241 e. The molecule has 1 aliphatic rings. The number of nitrogens with zero attached hydrogens (tertiary/aromatic N) is 5. The highest BCUT2D eigenvalue weighted by atomic mass is 16.3. The van der Waals surface area contributed by atoms with E-state index in [0.29, 0.717) is 31.3 Å². The number of piperazine rings is 1. The van der Waals surface area contributed by atoms with E-state index < -0.39 is 0 Å². The minimum atomic E-state index is 0.0883. The molecule has 27 heavy (non-hydrogen) atoms. The Morgan fingerprint density at radius 2 is 2.04 bits per heavy atom. The maximum atomic E-state index is 11.9. The van der Waals surface area contributed by atoms with Crippen molar-refractivity contribution in [3.8, 4) is 11.5 Å². The van der Waals surface area contributed by atoms with E-state index in [1.54, 1.807) is 11.2 Å². The van der Waals surface area contributed by atoms with E-state index in [2.05, 4.69) is 20.3 Å². The molecule has 138 valence electrons. The fourth-order valence-electron chi connectivity index (χ4n) is 2.85. The van der Waals surface area contributed by atoms with Crippen molar-refractivity contribution in [1.82, 2.24) is 19.9 Å². The molecule has 2 aromatic heterocycles. The van der Waals surface area contributed by atoms with Crippen LogP contribution in [0.2, 0.25) is 0 Å². The number of carbonyl (C=O) groups excluding carboxylic acids is 1. The fraction of sp³-hybridized carbons (Fsp3) is 0.263. The van der Waals surface area contributed by atoms with Crippen molar-refractivity contribution in [3.05, 3.63) is 54.7 Å². The van der Waals surface area contributed by atoms with Crippen LogP contribution in [0.15, 0.2) is 53.4 Å². The molecule has 4 rings (SSSR count). The highest BCUT2D eigenvalue weighted by molar-refractivity contribution is 5.82. The molecule has 0 atom stereocenters. The Morgan fingerprint density at radius 1 is 1.19 bits per heavy atom. The number of hydrogen-bond acceptors (Lipinski definition) is 7. The number of benzene rings is 1. The summed E-state index contributed by atoms with van der Waals surface area (Å²) in [6.45, 7) is 2.25. The van der Waals surface area contributed by atoms with E-state index in [1.165, 1.54) is 6.33 Å². The first-order valence-electron chi connectivity index (χ1n) is 8.74. The molecule has 1 saturated heterocycles. The van der Waals surface area contributed by atoms with Gasteiger partial charge in [0.25, 0.3) is 0 Å². The zero-order chi connectivity index (χ0) is 18.6. The van der Waals surface area contributed by atoms with Gasteiger partial charge in [-0.2, -0.15) is 0 Å². The van der Waals surface area contributed by atoms with Gasteiger partial charge in [0, 0.05) is 31.8 Å². The second-order valence-corrected chi connectivity index (χ2v) is 6.36. The second kappa shape index (κ2) is 7.45. The summed E-state index contributed by atoms with van der Waals surface area (Å²) in [4.78, 5) is 28.6. The summed E-state index contributed by atoms with van der Waals surface area (Å²) >= 11 is 0. The lowest BCUT2D eigenvalue weighted by atomic mass is 10.2. The van der Waals surface area contributed by atoms with E-state index in [9.17, 15) is 4.79 Å². The summed E-state index contributed by atoms with van der Waals surface area (Å²) in [5.41, 5.74) is 1.72. The number of carbonyl (C=O) groups is 1. The largest absolute Gasteiger partial charge is 0.444 e. The van der Waals surface area contributed by atoms with Gasteiger partial charge in [0.05, 0.1) is 18.8 Å². The zero-order valence-corrected chi connectivity index (χ0v) is 15.0. The average Bonchev–Trinajstić information content (AvgIpc) is 3.18. The third-order valence-corrected chi connectivity index (χ3v) is 4.46. The van der Waals surface area contributed by atoms with Gasteiger partial charge in [-0.25, -0.2) is 15.0 Å². The summed E-state index contributed by atoms with van der Waals surface area (Å²) in [6.07, 6.45) is 3.13. The maximum absolute atomic E-state index is 11.9. The van der Waals surface area contributed by atoms with Gasteiger partial charge in [0.1, 0.15) is 24.2 Å². The Morgan fingerprint density at radius 3 is 2.85 bits per heavy atom. The third-order valence-electron chi connectivity index (χ3n) is 4.46. The van der Waals surface area contributed by atoms with E-state index in [1.807, 2.05) is 48.3 Å². The molecule has 0 unspecified atom stereocenters. The Hall–Kier alpha value is -3.42. The fourth-order valence-corrected chi connectivity index (χ4v) is 2.85. The molecule has 1 N–H and O–H groups in total. The number of nitrogens with one attached hydrogen (secondary N) is 1. The molecule has 0 bridgehead atoms. The van der Waals surface area contributed by atoms with Crippen LogP contribution >= 0.6 is 0 Å². The van der Waals surface area contributed by atoms with Crippen molar-refractivity contribution in [2.45, 2.75) is 6.54 Å². The van der Waals surface area contributed by atoms with Crippen molar-refractivity contribution in [3.63, 3.8) is 0 Å². The SMILES string of the molecule is CN1CCN(c2cc(NCc3coc(-c4ccccc4)n3)ncn2)CC1=O. The summed E-state index contributed by atoms with van der Waals surface area (Å²) in [6, 6.07) is 11.6. The van der Waals surface area contributed by atoms with E-state index in [4.69, 9.17) is 4.42 Å². The standard InChI is InChI=1S/C19H20N6O2/c1-24-7-8-25(11-18(24)26)17-9-16(21-13-22-17)20-10-15-12-27-19(23-15)14-5-3-2-4-6-14/h2-6,9,12-13H,7-8,10-11H2,1H3,(H,20,21,22). The van der Waals surface area contributed by atoms with Crippen LogP contribution in [-0.4, -0.2) is 52.4 Å². The van der Waals surface area contributed by atoms with Crippen molar-refractivity contribution in [2.24, 2.45) is 0 Å². The molecule has 1 aromatic carbocycles. The van der Waals surface area contributed by atoms with Gasteiger partial charge < -0.3 is 19.5 Å². The van der Waals surface area contributed by atoms with Crippen LogP contribution in [-0.2, 0) is 11.3 Å². The minimum Gasteiger partial charge on any atom is -0.444 e. The topological polar surface area (TPSA) is 87.4 Å². The molecule has 3 aromatic rings. The molecule has 1 fully saturated rings. The van der Waals surface area contributed by atoms with Gasteiger partial charge in [0.2, 0.25) is 11.8 Å². The normalized spacial score (nSPS) is 14.5. The zero-order valence-electron chi connectivity index (χ0n) is 15.0. The first-order valence-corrected chi connectivity index (χ1v) is 8.74. The van der Waals surface area contributed by atoms with Crippen LogP contribution in [0.5, 0.6) is 0 Å². The number of likely N-dealkylation sites (N-methyl/N-ethyl adjacent to an activating group) is 1. The lowest BCUT2D eigenvalue weighted by molar-refractivity contribution is -0.129. The van der Waals surface area contributed by atoms with Crippen LogP contribution in [0.25, 0.3) is 11.5 Å². The quantitative estimate of drug-likeness (QED) is 0.741. The Bertz CT molecular complexity index is 927. The van der Waals surface area contributed by atoms with Crippen molar-refractivity contribution in [2.75, 3.05) is 36.9 Å². The average molecular weight is 364 g/mol. The first-order chi connectivity index (χ1) is 13.2. The Labute approximate surface area is 156 Å². The highest BCUT2D eigenvalue weighted by Gasteiger charge is 2.22. The summed E-state index contributed by atoms with van der Waals surface area (Å²) < 4.78 is 5.55. The van der Waals surface area contributed by atoms with Crippen LogP contribution < -0.4 is 10.2 Å². The maximum Gasteiger partial charge on any atom is 0.241 e. The van der Waals surface area contributed by atoms with Crippen LogP contribution in [0, 0.1) is 0 Å². The highest BCUT2D eigenvalue weighted by Crippen LogP contribution is 2.19. The first kappa shape index (κ1) is 17.0. The Kier molecular flexibility index (Phi) is 4.69. The van der Waals surface area contributed by atoms with Gasteiger partial charge >= 0.3 is 0 Å². The summed E-state index contributed by atoms with van der Waals surface area (Å²) in [5, 5.41) is 3.23. The second-order valence-electron chi connectivity index (χ2n) is 6.36. The van der Waals surface area contributed by atoms with Gasteiger partial charge in [-0.3, -0.25) is 4.79 Å². The minimum absolute atomic E-state index is 0.0883.